The molecule has 2 aromatic rings. The van der Waals surface area contributed by atoms with Crippen LogP contribution >= 0.6 is 15.9 Å². The summed E-state index contributed by atoms with van der Waals surface area (Å²) in [6, 6.07) is 7.13. The monoisotopic (exact) mass is 422 g/mol. The van der Waals surface area contributed by atoms with E-state index in [4.69, 9.17) is 4.74 Å². The fourth-order valence-corrected chi connectivity index (χ4v) is 5.89. The summed E-state index contributed by atoms with van der Waals surface area (Å²) in [5, 5.41) is 1.26. The fourth-order valence-electron chi connectivity index (χ4n) is 3.91. The van der Waals surface area contributed by atoms with Crippen molar-refractivity contribution >= 4 is 34.9 Å². The number of aromatic amines is 1. The standard InChI is InChI=1S/C20H31BrN2OSi/c1-23-11-5-6-17(23)8-10-20(25(2,3)4)24-14-15-13-22-19-9-7-16(21)12-18(15)19/h7,9,12-13,17,20,22H,5-6,8,10-11,14H2,1-4H3. The molecule has 1 aliphatic heterocycles. The molecule has 1 aromatic heterocycles. The molecule has 0 bridgehead atoms. The van der Waals surface area contributed by atoms with Crippen LogP contribution in [0.1, 0.15) is 31.2 Å². The van der Waals surface area contributed by atoms with Gasteiger partial charge >= 0.3 is 0 Å². The average Bonchev–Trinajstić information content (AvgIpc) is 3.12. The minimum atomic E-state index is -1.35. The number of benzene rings is 1. The van der Waals surface area contributed by atoms with Gasteiger partial charge in [-0.05, 0) is 57.5 Å². The summed E-state index contributed by atoms with van der Waals surface area (Å²) in [5.74, 6) is 0. The Kier molecular flexibility index (Phi) is 6.09. The third kappa shape index (κ3) is 4.76. The first kappa shape index (κ1) is 19.1. The molecular formula is C20H31BrN2OSi. The van der Waals surface area contributed by atoms with Crippen LogP contribution in [0.5, 0.6) is 0 Å². The molecule has 1 N–H and O–H groups in total. The molecule has 138 valence electrons. The summed E-state index contributed by atoms with van der Waals surface area (Å²) >= 11 is 3.58. The van der Waals surface area contributed by atoms with Gasteiger partial charge in [-0.3, -0.25) is 0 Å². The number of fused-ring (bicyclic) bond motifs is 1. The molecule has 1 fully saturated rings. The van der Waals surface area contributed by atoms with E-state index >= 15 is 0 Å². The van der Waals surface area contributed by atoms with Gasteiger partial charge in [-0.25, -0.2) is 0 Å². The predicted molar refractivity (Wildman–Crippen MR) is 113 cm³/mol. The fraction of sp³-hybridized carbons (Fsp3) is 0.600. The van der Waals surface area contributed by atoms with Crippen LogP contribution in [-0.2, 0) is 11.3 Å². The Balaban J connectivity index is 1.64. The second-order valence-electron chi connectivity index (χ2n) is 8.52. The Bertz CT molecular complexity index is 709. The van der Waals surface area contributed by atoms with E-state index in [0.717, 1.165) is 10.5 Å². The van der Waals surface area contributed by atoms with E-state index in [0.29, 0.717) is 12.3 Å². The van der Waals surface area contributed by atoms with Crippen LogP contribution in [0.15, 0.2) is 28.9 Å². The lowest BCUT2D eigenvalue weighted by molar-refractivity contribution is 0.0755. The maximum absolute atomic E-state index is 6.50. The van der Waals surface area contributed by atoms with Crippen molar-refractivity contribution in [2.45, 2.75) is 63.7 Å². The summed E-state index contributed by atoms with van der Waals surface area (Å²) in [5.41, 5.74) is 2.86. The minimum absolute atomic E-state index is 0.415. The second-order valence-corrected chi connectivity index (χ2v) is 14.8. The molecule has 2 heterocycles. The largest absolute Gasteiger partial charge is 0.377 e. The first-order valence-electron chi connectivity index (χ1n) is 9.42. The highest BCUT2D eigenvalue weighted by Crippen LogP contribution is 2.27. The highest BCUT2D eigenvalue weighted by atomic mass is 79.9. The lowest BCUT2D eigenvalue weighted by Crippen LogP contribution is -2.41. The predicted octanol–water partition coefficient (Wildman–Crippen LogP) is 5.57. The van der Waals surface area contributed by atoms with Gasteiger partial charge in [-0.1, -0.05) is 35.6 Å². The Morgan fingerprint density at radius 1 is 1.36 bits per heavy atom. The topological polar surface area (TPSA) is 28.3 Å². The molecule has 1 aromatic carbocycles. The zero-order valence-corrected chi connectivity index (χ0v) is 18.5. The lowest BCUT2D eigenvalue weighted by atomic mass is 10.1. The van der Waals surface area contributed by atoms with Crippen LogP contribution in [0, 0.1) is 0 Å². The van der Waals surface area contributed by atoms with Gasteiger partial charge in [-0.2, -0.15) is 0 Å². The van der Waals surface area contributed by atoms with Gasteiger partial charge in [0.2, 0.25) is 0 Å². The number of H-pyrrole nitrogens is 1. The molecule has 0 saturated carbocycles. The Hall–Kier alpha value is -0.623. The van der Waals surface area contributed by atoms with Crippen molar-refractivity contribution in [1.29, 1.82) is 0 Å². The highest BCUT2D eigenvalue weighted by molar-refractivity contribution is 9.10. The molecule has 3 nitrogen and oxygen atoms in total. The number of hydrogen-bond donors (Lipinski definition) is 1. The molecule has 1 aliphatic rings. The van der Waals surface area contributed by atoms with Gasteiger partial charge in [0.15, 0.2) is 0 Å². The van der Waals surface area contributed by atoms with Gasteiger partial charge in [0.1, 0.15) is 0 Å². The Morgan fingerprint density at radius 3 is 2.84 bits per heavy atom. The van der Waals surface area contributed by atoms with Crippen LogP contribution < -0.4 is 0 Å². The highest BCUT2D eigenvalue weighted by Gasteiger charge is 2.30. The number of rotatable bonds is 7. The Morgan fingerprint density at radius 2 is 2.16 bits per heavy atom. The first-order valence-corrected chi connectivity index (χ1v) is 13.8. The van der Waals surface area contributed by atoms with Crippen molar-refractivity contribution in [1.82, 2.24) is 9.88 Å². The number of nitrogens with zero attached hydrogens (tertiary/aromatic N) is 1. The normalized spacial score (nSPS) is 20.4. The maximum atomic E-state index is 6.50. The molecule has 2 atom stereocenters. The number of aromatic nitrogens is 1. The van der Waals surface area contributed by atoms with Gasteiger partial charge < -0.3 is 14.6 Å². The minimum Gasteiger partial charge on any atom is -0.377 e. The number of ether oxygens (including phenoxy) is 1. The van der Waals surface area contributed by atoms with Crippen molar-refractivity contribution in [2.24, 2.45) is 0 Å². The van der Waals surface area contributed by atoms with Crippen molar-refractivity contribution in [3.8, 4) is 0 Å². The summed E-state index contributed by atoms with van der Waals surface area (Å²) in [6.07, 6.45) is 7.26. The molecule has 0 aliphatic carbocycles. The van der Waals surface area contributed by atoms with Crippen LogP contribution in [0.3, 0.4) is 0 Å². The van der Waals surface area contributed by atoms with E-state index in [2.05, 4.69) is 76.9 Å². The van der Waals surface area contributed by atoms with Gasteiger partial charge in [0.05, 0.1) is 14.7 Å². The molecule has 25 heavy (non-hydrogen) atoms. The number of halogens is 1. The average molecular weight is 423 g/mol. The van der Waals surface area contributed by atoms with Crippen LogP contribution in [0.4, 0.5) is 0 Å². The summed E-state index contributed by atoms with van der Waals surface area (Å²) in [6.45, 7) is 9.25. The molecular weight excluding hydrogens is 392 g/mol. The summed E-state index contributed by atoms with van der Waals surface area (Å²) in [7, 11) is 0.917. The quantitative estimate of drug-likeness (QED) is 0.590. The van der Waals surface area contributed by atoms with Crippen molar-refractivity contribution < 1.29 is 4.74 Å². The molecule has 5 heteroatoms. The first-order chi connectivity index (χ1) is 11.8. The molecule has 2 unspecified atom stereocenters. The molecule has 0 amide bonds. The van der Waals surface area contributed by atoms with Gasteiger partial charge in [-0.15, -0.1) is 0 Å². The zero-order chi connectivity index (χ0) is 18.0. The molecule has 1 saturated heterocycles. The summed E-state index contributed by atoms with van der Waals surface area (Å²) < 4.78 is 7.62. The van der Waals surface area contributed by atoms with Gasteiger partial charge in [0, 0.05) is 38.9 Å². The molecule has 0 spiro atoms. The maximum Gasteiger partial charge on any atom is 0.0785 e. The van der Waals surface area contributed by atoms with Crippen molar-refractivity contribution in [3.63, 3.8) is 0 Å². The van der Waals surface area contributed by atoms with Crippen LogP contribution in [0.2, 0.25) is 19.6 Å². The van der Waals surface area contributed by atoms with Crippen LogP contribution in [-0.4, -0.2) is 43.3 Å². The van der Waals surface area contributed by atoms with E-state index < -0.39 is 8.07 Å². The number of nitrogens with one attached hydrogen (secondary N) is 1. The Labute approximate surface area is 161 Å². The van der Waals surface area contributed by atoms with Gasteiger partial charge in [0.25, 0.3) is 0 Å². The van der Waals surface area contributed by atoms with Crippen molar-refractivity contribution in [2.75, 3.05) is 13.6 Å². The smallest absolute Gasteiger partial charge is 0.0785 e. The second kappa shape index (κ2) is 7.95. The van der Waals surface area contributed by atoms with Crippen LogP contribution in [0.25, 0.3) is 10.9 Å². The number of likely N-dealkylation sites (tertiary alicyclic amines) is 1. The van der Waals surface area contributed by atoms with E-state index in [1.54, 1.807) is 0 Å². The molecule has 0 radical (unpaired) electrons. The van der Waals surface area contributed by atoms with E-state index in [9.17, 15) is 0 Å². The third-order valence-electron chi connectivity index (χ3n) is 5.57. The molecule has 3 rings (SSSR count). The third-order valence-corrected chi connectivity index (χ3v) is 8.45. The van der Waals surface area contributed by atoms with E-state index in [-0.39, 0.29) is 0 Å². The summed E-state index contributed by atoms with van der Waals surface area (Å²) in [4.78, 5) is 5.89. The van der Waals surface area contributed by atoms with Crippen molar-refractivity contribution in [3.05, 3.63) is 34.4 Å². The van der Waals surface area contributed by atoms with E-state index in [1.807, 2.05) is 0 Å². The lowest BCUT2D eigenvalue weighted by Gasteiger charge is -2.31. The van der Waals surface area contributed by atoms with E-state index in [1.165, 1.54) is 48.7 Å². The zero-order valence-electron chi connectivity index (χ0n) is 15.9. The SMILES string of the molecule is CN1CCCC1CCC(OCc1c[nH]c2ccc(Br)cc12)[Si](C)(C)C. The number of hydrogen-bond acceptors (Lipinski definition) is 2.